The van der Waals surface area contributed by atoms with Gasteiger partial charge in [0.05, 0.1) is 18.1 Å². The van der Waals surface area contributed by atoms with Crippen molar-refractivity contribution in [2.45, 2.75) is 26.2 Å². The van der Waals surface area contributed by atoms with Gasteiger partial charge in [-0.05, 0) is 37.5 Å². The van der Waals surface area contributed by atoms with Crippen LogP contribution in [0.2, 0.25) is 0 Å². The first-order valence-corrected chi connectivity index (χ1v) is 10.2. The van der Waals surface area contributed by atoms with E-state index in [0.29, 0.717) is 23.6 Å². The molecule has 0 saturated carbocycles. The monoisotopic (exact) mass is 399 g/mol. The Morgan fingerprint density at radius 3 is 2.10 bits per heavy atom. The van der Waals surface area contributed by atoms with Gasteiger partial charge in [-0.15, -0.1) is 0 Å². The van der Waals surface area contributed by atoms with E-state index in [2.05, 4.69) is 53.8 Å². The quantitative estimate of drug-likeness (QED) is 0.408. The van der Waals surface area contributed by atoms with Crippen molar-refractivity contribution in [1.29, 1.82) is 0 Å². The van der Waals surface area contributed by atoms with Crippen LogP contribution in [-0.4, -0.2) is 12.5 Å². The fourth-order valence-corrected chi connectivity index (χ4v) is 4.03. The number of carbonyl (C=O) groups excluding carboxylic acids is 1. The van der Waals surface area contributed by atoms with Crippen LogP contribution in [-0.2, 0) is 0 Å². The van der Waals surface area contributed by atoms with E-state index < -0.39 is 0 Å². The van der Waals surface area contributed by atoms with E-state index in [-0.39, 0.29) is 11.8 Å². The highest BCUT2D eigenvalue weighted by Crippen LogP contribution is 2.33. The maximum Gasteiger partial charge on any atom is 0.255 e. The first-order valence-electron chi connectivity index (χ1n) is 10.2. The Balaban J connectivity index is 1.51. The minimum atomic E-state index is -0.125. The zero-order valence-electron chi connectivity index (χ0n) is 17.2. The molecule has 1 N–H and O–H groups in total. The third-order valence-corrected chi connectivity index (χ3v) is 5.42. The normalized spacial score (nSPS) is 11.0. The Morgan fingerprint density at radius 1 is 0.900 bits per heavy atom. The molecule has 0 radical (unpaired) electrons. The van der Waals surface area contributed by atoms with E-state index in [1.807, 2.05) is 32.0 Å². The molecule has 0 aliphatic rings. The lowest BCUT2D eigenvalue weighted by molar-refractivity contribution is 0.0952. The van der Waals surface area contributed by atoms with Crippen molar-refractivity contribution in [3.05, 3.63) is 107 Å². The summed E-state index contributed by atoms with van der Waals surface area (Å²) >= 11 is 0. The highest BCUT2D eigenvalue weighted by Gasteiger charge is 2.23. The number of rotatable bonds is 7. The van der Waals surface area contributed by atoms with Crippen LogP contribution in [0.1, 0.15) is 45.3 Å². The van der Waals surface area contributed by atoms with Crippen molar-refractivity contribution < 1.29 is 13.6 Å². The van der Waals surface area contributed by atoms with E-state index in [1.54, 1.807) is 12.5 Å². The second kappa shape index (κ2) is 8.87. The maximum absolute atomic E-state index is 13.0. The summed E-state index contributed by atoms with van der Waals surface area (Å²) in [4.78, 5) is 13.0. The molecule has 0 bridgehead atoms. The minimum Gasteiger partial charge on any atom is -0.472 e. The third kappa shape index (κ3) is 4.08. The van der Waals surface area contributed by atoms with Crippen LogP contribution in [0.3, 0.4) is 0 Å². The second-order valence-electron chi connectivity index (χ2n) is 7.39. The number of furan rings is 2. The van der Waals surface area contributed by atoms with Gasteiger partial charge >= 0.3 is 0 Å². The van der Waals surface area contributed by atoms with Crippen LogP contribution in [0.15, 0.2) is 88.1 Å². The molecule has 2 aromatic carbocycles. The summed E-state index contributed by atoms with van der Waals surface area (Å²) in [6, 6.07) is 22.7. The molecular formula is C26H25NO3. The highest BCUT2D eigenvalue weighted by molar-refractivity contribution is 6.02. The fraction of sp³-hybridized carbons (Fsp3) is 0.192. The number of amides is 1. The van der Waals surface area contributed by atoms with Crippen LogP contribution in [0.5, 0.6) is 0 Å². The molecule has 0 atom stereocenters. The summed E-state index contributed by atoms with van der Waals surface area (Å²) in [5, 5.41) is 3.10. The molecule has 152 valence electrons. The summed E-state index contributed by atoms with van der Waals surface area (Å²) in [6.07, 6.45) is 4.04. The van der Waals surface area contributed by atoms with Crippen LogP contribution in [0, 0.1) is 13.8 Å². The second-order valence-corrected chi connectivity index (χ2v) is 7.39. The summed E-state index contributed by atoms with van der Waals surface area (Å²) in [5.41, 5.74) is 4.70. The number of carbonyl (C=O) groups is 1. The predicted molar refractivity (Wildman–Crippen MR) is 118 cm³/mol. The van der Waals surface area contributed by atoms with Gasteiger partial charge in [-0.25, -0.2) is 0 Å². The van der Waals surface area contributed by atoms with Crippen molar-refractivity contribution >= 4 is 5.91 Å². The Hall–Kier alpha value is -3.53. The number of nitrogens with one attached hydrogen (secondary N) is 1. The van der Waals surface area contributed by atoms with E-state index in [0.717, 1.165) is 17.5 Å². The molecule has 0 aliphatic carbocycles. The summed E-state index contributed by atoms with van der Waals surface area (Å²) in [7, 11) is 0. The van der Waals surface area contributed by atoms with Crippen molar-refractivity contribution in [1.82, 2.24) is 5.32 Å². The van der Waals surface area contributed by atoms with Gasteiger partial charge in [0, 0.05) is 23.6 Å². The highest BCUT2D eigenvalue weighted by atomic mass is 16.3. The molecule has 0 unspecified atom stereocenters. The Kier molecular flexibility index (Phi) is 5.84. The lowest BCUT2D eigenvalue weighted by Gasteiger charge is -2.18. The molecule has 2 aromatic heterocycles. The Labute approximate surface area is 176 Å². The van der Waals surface area contributed by atoms with Crippen molar-refractivity contribution in [2.75, 3.05) is 6.54 Å². The van der Waals surface area contributed by atoms with Crippen LogP contribution >= 0.6 is 0 Å². The van der Waals surface area contributed by atoms with Crippen molar-refractivity contribution in [2.24, 2.45) is 0 Å². The van der Waals surface area contributed by atoms with Gasteiger partial charge in [-0.1, -0.05) is 60.7 Å². The van der Waals surface area contributed by atoms with Crippen LogP contribution < -0.4 is 5.32 Å². The van der Waals surface area contributed by atoms with Crippen molar-refractivity contribution in [3.63, 3.8) is 0 Å². The van der Waals surface area contributed by atoms with E-state index >= 15 is 0 Å². The van der Waals surface area contributed by atoms with E-state index in [1.165, 1.54) is 11.1 Å². The smallest absolute Gasteiger partial charge is 0.255 e. The average molecular weight is 399 g/mol. The SMILES string of the molecule is Cc1oc(C)c(-c2ccoc2)c1C(=O)NCCC(c1ccccc1)c1ccccc1. The van der Waals surface area contributed by atoms with Gasteiger partial charge in [-0.3, -0.25) is 4.79 Å². The zero-order chi connectivity index (χ0) is 20.9. The number of aryl methyl sites for hydroxylation is 2. The van der Waals surface area contributed by atoms with Gasteiger partial charge in [-0.2, -0.15) is 0 Å². The minimum absolute atomic E-state index is 0.125. The van der Waals surface area contributed by atoms with Gasteiger partial charge in [0.25, 0.3) is 5.91 Å². The number of hydrogen-bond donors (Lipinski definition) is 1. The summed E-state index contributed by atoms with van der Waals surface area (Å²) in [6.45, 7) is 4.25. The van der Waals surface area contributed by atoms with Gasteiger partial charge in [0.1, 0.15) is 11.5 Å². The first kappa shape index (κ1) is 19.8. The summed E-state index contributed by atoms with van der Waals surface area (Å²) < 4.78 is 11.0. The molecule has 4 rings (SSSR count). The number of benzene rings is 2. The molecule has 0 aliphatic heterocycles. The molecule has 2 heterocycles. The Morgan fingerprint density at radius 2 is 1.53 bits per heavy atom. The fourth-order valence-electron chi connectivity index (χ4n) is 4.03. The predicted octanol–water partition coefficient (Wildman–Crippen LogP) is 6.11. The van der Waals surface area contributed by atoms with Gasteiger partial charge < -0.3 is 14.2 Å². The van der Waals surface area contributed by atoms with E-state index in [9.17, 15) is 4.79 Å². The maximum atomic E-state index is 13.0. The molecule has 0 fully saturated rings. The van der Waals surface area contributed by atoms with Crippen molar-refractivity contribution in [3.8, 4) is 11.1 Å². The molecule has 0 saturated heterocycles. The first-order chi connectivity index (χ1) is 14.6. The van der Waals surface area contributed by atoms with Crippen LogP contribution in [0.25, 0.3) is 11.1 Å². The zero-order valence-corrected chi connectivity index (χ0v) is 17.2. The Bertz CT molecular complexity index is 1060. The largest absolute Gasteiger partial charge is 0.472 e. The molecule has 4 nitrogen and oxygen atoms in total. The molecule has 1 amide bonds. The molecule has 30 heavy (non-hydrogen) atoms. The number of hydrogen-bond acceptors (Lipinski definition) is 3. The average Bonchev–Trinajstić information content (AvgIpc) is 3.39. The topological polar surface area (TPSA) is 55.4 Å². The molecular weight excluding hydrogens is 374 g/mol. The summed E-state index contributed by atoms with van der Waals surface area (Å²) in [5.74, 6) is 1.42. The van der Waals surface area contributed by atoms with Gasteiger partial charge in [0.15, 0.2) is 0 Å². The lowest BCUT2D eigenvalue weighted by atomic mass is 9.88. The van der Waals surface area contributed by atoms with Crippen LogP contribution in [0.4, 0.5) is 0 Å². The molecule has 4 aromatic rings. The van der Waals surface area contributed by atoms with Gasteiger partial charge in [0.2, 0.25) is 0 Å². The van der Waals surface area contributed by atoms with E-state index in [4.69, 9.17) is 8.83 Å². The third-order valence-electron chi connectivity index (χ3n) is 5.42. The molecule has 0 spiro atoms. The molecule has 4 heteroatoms. The lowest BCUT2D eigenvalue weighted by Crippen LogP contribution is -2.26. The standard InChI is InChI=1S/C26H25NO3/c1-18-24(22-14-16-29-17-22)25(19(2)30-18)26(28)27-15-13-23(20-9-5-3-6-10-20)21-11-7-4-8-12-21/h3-12,14,16-17,23H,13,15H2,1-2H3,(H,27,28).